The van der Waals surface area contributed by atoms with Crippen LogP contribution >= 0.6 is 0 Å². The number of rotatable bonds is 6. The van der Waals surface area contributed by atoms with Gasteiger partial charge in [0.1, 0.15) is 5.56 Å². The van der Waals surface area contributed by atoms with Crippen molar-refractivity contribution in [3.63, 3.8) is 0 Å². The number of aromatic hydroxyl groups is 1. The minimum Gasteiger partial charge on any atom is -0.504 e. The topological polar surface area (TPSA) is 84.9 Å². The van der Waals surface area contributed by atoms with Crippen LogP contribution in [0, 0.1) is 6.92 Å². The first-order valence-corrected chi connectivity index (χ1v) is 7.36. The van der Waals surface area contributed by atoms with Crippen LogP contribution in [0.5, 0.6) is 11.5 Å². The maximum atomic E-state index is 11.9. The number of nitrogens with one attached hydrogen (secondary N) is 1. The number of carbonyl (C=O) groups excluding carboxylic acids is 2. The molecule has 0 saturated heterocycles. The molecule has 0 atom stereocenters. The van der Waals surface area contributed by atoms with Gasteiger partial charge in [-0.25, -0.2) is 4.79 Å². The highest BCUT2D eigenvalue weighted by Crippen LogP contribution is 2.29. The molecule has 0 saturated carbocycles. The third-order valence-corrected chi connectivity index (χ3v) is 3.38. The molecule has 0 aromatic heterocycles. The summed E-state index contributed by atoms with van der Waals surface area (Å²) in [6.45, 7) is 1.90. The Kier molecular flexibility index (Phi) is 5.78. The number of hydrogen-bond acceptors (Lipinski definition) is 5. The van der Waals surface area contributed by atoms with Crippen molar-refractivity contribution < 1.29 is 24.2 Å². The Morgan fingerprint density at radius 1 is 1.12 bits per heavy atom. The summed E-state index contributed by atoms with van der Waals surface area (Å²) in [5.74, 6) is -1.37. The molecule has 0 heterocycles. The first-order valence-electron chi connectivity index (χ1n) is 7.36. The van der Waals surface area contributed by atoms with E-state index in [1.54, 1.807) is 6.07 Å². The zero-order valence-corrected chi connectivity index (χ0v) is 13.5. The molecular formula is C18H19NO5. The zero-order valence-electron chi connectivity index (χ0n) is 13.5. The third kappa shape index (κ3) is 4.49. The van der Waals surface area contributed by atoms with Crippen molar-refractivity contribution in [2.75, 3.05) is 13.7 Å². The van der Waals surface area contributed by atoms with E-state index in [-0.39, 0.29) is 17.1 Å². The average molecular weight is 329 g/mol. The Balaban J connectivity index is 1.85. The quantitative estimate of drug-likeness (QED) is 0.794. The highest BCUT2D eigenvalue weighted by molar-refractivity contribution is 5.94. The summed E-state index contributed by atoms with van der Waals surface area (Å²) < 4.78 is 9.83. The van der Waals surface area contributed by atoms with E-state index in [0.29, 0.717) is 6.54 Å². The minimum atomic E-state index is -0.795. The fraction of sp³-hybridized carbons (Fsp3) is 0.222. The number of methoxy groups -OCH3 is 1. The van der Waals surface area contributed by atoms with Crippen molar-refractivity contribution in [1.82, 2.24) is 5.32 Å². The second kappa shape index (κ2) is 8.01. The second-order valence-corrected chi connectivity index (χ2v) is 5.19. The van der Waals surface area contributed by atoms with Gasteiger partial charge in [0, 0.05) is 6.54 Å². The molecule has 2 rings (SSSR count). The van der Waals surface area contributed by atoms with Crippen LogP contribution in [0.25, 0.3) is 0 Å². The maximum absolute atomic E-state index is 11.9. The first kappa shape index (κ1) is 17.3. The molecule has 126 valence electrons. The predicted molar refractivity (Wildman–Crippen MR) is 88.0 cm³/mol. The van der Waals surface area contributed by atoms with Crippen molar-refractivity contribution in [1.29, 1.82) is 0 Å². The highest BCUT2D eigenvalue weighted by atomic mass is 16.5. The zero-order chi connectivity index (χ0) is 17.5. The maximum Gasteiger partial charge on any atom is 0.342 e. The fourth-order valence-electron chi connectivity index (χ4n) is 2.02. The number of para-hydroxylation sites is 1. The van der Waals surface area contributed by atoms with E-state index in [2.05, 4.69) is 5.32 Å². The summed E-state index contributed by atoms with van der Waals surface area (Å²) in [5, 5.41) is 12.5. The van der Waals surface area contributed by atoms with Crippen LogP contribution in [0.15, 0.2) is 42.5 Å². The fourth-order valence-corrected chi connectivity index (χ4v) is 2.02. The first-order chi connectivity index (χ1) is 11.5. The molecule has 1 amide bonds. The van der Waals surface area contributed by atoms with Gasteiger partial charge in [-0.05, 0) is 24.6 Å². The molecule has 6 heteroatoms. The molecular weight excluding hydrogens is 310 g/mol. The number of ether oxygens (including phenoxy) is 2. The Bertz CT molecular complexity index is 725. The van der Waals surface area contributed by atoms with E-state index in [1.165, 1.54) is 19.2 Å². The molecule has 24 heavy (non-hydrogen) atoms. The molecule has 0 bridgehead atoms. The lowest BCUT2D eigenvalue weighted by Gasteiger charge is -2.09. The summed E-state index contributed by atoms with van der Waals surface area (Å²) >= 11 is 0. The number of esters is 1. The standard InChI is InChI=1S/C18H19NO5/c1-12-6-8-13(9-7-12)10-19-16(20)11-24-18(22)14-4-3-5-15(23-2)17(14)21/h3-9,21H,10-11H2,1-2H3,(H,19,20). The van der Waals surface area contributed by atoms with Crippen LogP contribution in [0.4, 0.5) is 0 Å². The normalized spacial score (nSPS) is 10.1. The highest BCUT2D eigenvalue weighted by Gasteiger charge is 2.17. The van der Waals surface area contributed by atoms with Gasteiger partial charge in [-0.1, -0.05) is 35.9 Å². The number of carbonyl (C=O) groups is 2. The van der Waals surface area contributed by atoms with Crippen LogP contribution in [0.3, 0.4) is 0 Å². The monoisotopic (exact) mass is 329 g/mol. The van der Waals surface area contributed by atoms with E-state index < -0.39 is 18.5 Å². The summed E-state index contributed by atoms with van der Waals surface area (Å²) in [6, 6.07) is 12.2. The molecule has 2 N–H and O–H groups in total. The number of aryl methyl sites for hydroxylation is 1. The van der Waals surface area contributed by atoms with E-state index in [9.17, 15) is 14.7 Å². The molecule has 0 aliphatic rings. The van der Waals surface area contributed by atoms with E-state index in [0.717, 1.165) is 11.1 Å². The molecule has 0 aliphatic heterocycles. The van der Waals surface area contributed by atoms with Crippen LogP contribution in [0.2, 0.25) is 0 Å². The molecule has 6 nitrogen and oxygen atoms in total. The van der Waals surface area contributed by atoms with Gasteiger partial charge >= 0.3 is 5.97 Å². The third-order valence-electron chi connectivity index (χ3n) is 3.38. The van der Waals surface area contributed by atoms with E-state index in [1.807, 2.05) is 31.2 Å². The largest absolute Gasteiger partial charge is 0.504 e. The number of hydrogen-bond donors (Lipinski definition) is 2. The second-order valence-electron chi connectivity index (χ2n) is 5.19. The molecule has 0 radical (unpaired) electrons. The Hall–Kier alpha value is -3.02. The van der Waals surface area contributed by atoms with Gasteiger partial charge < -0.3 is 19.9 Å². The van der Waals surface area contributed by atoms with Crippen molar-refractivity contribution in [2.45, 2.75) is 13.5 Å². The molecule has 0 spiro atoms. The van der Waals surface area contributed by atoms with Crippen LogP contribution in [-0.2, 0) is 16.1 Å². The van der Waals surface area contributed by atoms with Gasteiger partial charge in [0.05, 0.1) is 7.11 Å². The predicted octanol–water partition coefficient (Wildman–Crippen LogP) is 2.18. The Labute approximate surface area is 140 Å². The number of benzene rings is 2. The molecule has 0 aliphatic carbocycles. The van der Waals surface area contributed by atoms with Crippen molar-refractivity contribution in [3.8, 4) is 11.5 Å². The van der Waals surface area contributed by atoms with Gasteiger partial charge in [0.2, 0.25) is 0 Å². The number of phenolic OH excluding ortho intramolecular Hbond substituents is 1. The van der Waals surface area contributed by atoms with Crippen LogP contribution in [0.1, 0.15) is 21.5 Å². The van der Waals surface area contributed by atoms with Crippen LogP contribution < -0.4 is 10.1 Å². The Morgan fingerprint density at radius 3 is 2.50 bits per heavy atom. The van der Waals surface area contributed by atoms with Crippen molar-refractivity contribution in [2.24, 2.45) is 0 Å². The summed E-state index contributed by atoms with van der Waals surface area (Å²) in [4.78, 5) is 23.7. The lowest BCUT2D eigenvalue weighted by molar-refractivity contribution is -0.124. The molecule has 0 unspecified atom stereocenters. The summed E-state index contributed by atoms with van der Waals surface area (Å²) in [6.07, 6.45) is 0. The molecule has 0 fully saturated rings. The molecule has 2 aromatic rings. The Morgan fingerprint density at radius 2 is 1.83 bits per heavy atom. The van der Waals surface area contributed by atoms with Gasteiger partial charge in [-0.3, -0.25) is 4.79 Å². The lowest BCUT2D eigenvalue weighted by atomic mass is 10.1. The van der Waals surface area contributed by atoms with Gasteiger partial charge in [-0.2, -0.15) is 0 Å². The number of amides is 1. The smallest absolute Gasteiger partial charge is 0.342 e. The average Bonchev–Trinajstić information content (AvgIpc) is 2.59. The van der Waals surface area contributed by atoms with Crippen LogP contribution in [-0.4, -0.2) is 30.7 Å². The number of phenols is 1. The summed E-state index contributed by atoms with van der Waals surface area (Å²) in [7, 11) is 1.38. The van der Waals surface area contributed by atoms with Gasteiger partial charge in [0.15, 0.2) is 18.1 Å². The minimum absolute atomic E-state index is 0.0549. The lowest BCUT2D eigenvalue weighted by Crippen LogP contribution is -2.28. The van der Waals surface area contributed by atoms with Gasteiger partial charge in [-0.15, -0.1) is 0 Å². The summed E-state index contributed by atoms with van der Waals surface area (Å²) in [5.41, 5.74) is 2.03. The van der Waals surface area contributed by atoms with E-state index >= 15 is 0 Å². The SMILES string of the molecule is COc1cccc(C(=O)OCC(=O)NCc2ccc(C)cc2)c1O. The molecule has 2 aromatic carbocycles. The van der Waals surface area contributed by atoms with Crippen molar-refractivity contribution in [3.05, 3.63) is 59.2 Å². The van der Waals surface area contributed by atoms with E-state index in [4.69, 9.17) is 9.47 Å². The van der Waals surface area contributed by atoms with Crippen molar-refractivity contribution >= 4 is 11.9 Å². The van der Waals surface area contributed by atoms with Gasteiger partial charge in [0.25, 0.3) is 5.91 Å².